The van der Waals surface area contributed by atoms with E-state index in [0.717, 1.165) is 23.9 Å². The first-order chi connectivity index (χ1) is 14.3. The summed E-state index contributed by atoms with van der Waals surface area (Å²) < 4.78 is 29.3. The van der Waals surface area contributed by atoms with Crippen molar-refractivity contribution in [3.8, 4) is 0 Å². The van der Waals surface area contributed by atoms with Gasteiger partial charge in [0.1, 0.15) is 23.2 Å². The summed E-state index contributed by atoms with van der Waals surface area (Å²) in [6, 6.07) is 9.25. The zero-order chi connectivity index (χ0) is 21.7. The molecule has 0 unspecified atom stereocenters. The lowest BCUT2D eigenvalue weighted by Gasteiger charge is -2.21. The number of hydrogen-bond acceptors (Lipinski definition) is 4. The van der Waals surface area contributed by atoms with Gasteiger partial charge in [-0.15, -0.1) is 0 Å². The second-order valence-corrected chi connectivity index (χ2v) is 7.00. The van der Waals surface area contributed by atoms with Crippen molar-refractivity contribution in [3.05, 3.63) is 77.8 Å². The number of rotatable bonds is 7. The van der Waals surface area contributed by atoms with Gasteiger partial charge in [0, 0.05) is 18.5 Å². The Labute approximate surface area is 172 Å². The quantitative estimate of drug-likeness (QED) is 0.623. The van der Waals surface area contributed by atoms with Gasteiger partial charge in [0.15, 0.2) is 5.82 Å². The van der Waals surface area contributed by atoms with Gasteiger partial charge in [-0.3, -0.25) is 19.3 Å². The van der Waals surface area contributed by atoms with E-state index >= 15 is 0 Å². The first kappa shape index (κ1) is 21.1. The second-order valence-electron chi connectivity index (χ2n) is 7.00. The van der Waals surface area contributed by atoms with E-state index in [9.17, 15) is 18.4 Å². The Morgan fingerprint density at radius 3 is 2.43 bits per heavy atom. The van der Waals surface area contributed by atoms with Gasteiger partial charge < -0.3 is 10.6 Å². The molecule has 0 aliphatic rings. The van der Waals surface area contributed by atoms with Crippen LogP contribution in [0.1, 0.15) is 29.9 Å². The monoisotopic (exact) mass is 413 g/mol. The molecule has 2 heterocycles. The average molecular weight is 413 g/mol. The lowest BCUT2D eigenvalue weighted by molar-refractivity contribution is -0.118. The fraction of sp³-hybridized carbons (Fsp3) is 0.238. The van der Waals surface area contributed by atoms with Crippen molar-refractivity contribution in [1.82, 2.24) is 20.1 Å². The minimum atomic E-state index is -1.02. The van der Waals surface area contributed by atoms with Crippen LogP contribution in [0.5, 0.6) is 0 Å². The summed E-state index contributed by atoms with van der Waals surface area (Å²) in [5.41, 5.74) is 0.0771. The molecule has 0 bridgehead atoms. The number of amides is 2. The number of nitrogens with zero attached hydrogens (tertiary/aromatic N) is 3. The molecular weight excluding hydrogens is 392 g/mol. The van der Waals surface area contributed by atoms with E-state index in [2.05, 4.69) is 20.7 Å². The van der Waals surface area contributed by atoms with Crippen molar-refractivity contribution in [2.45, 2.75) is 26.4 Å². The van der Waals surface area contributed by atoms with Gasteiger partial charge in [-0.05, 0) is 30.2 Å². The highest BCUT2D eigenvalue weighted by atomic mass is 19.1. The zero-order valence-corrected chi connectivity index (χ0v) is 16.5. The van der Waals surface area contributed by atoms with Gasteiger partial charge in [-0.25, -0.2) is 8.78 Å². The summed E-state index contributed by atoms with van der Waals surface area (Å²) in [5, 5.41) is 9.29. The summed E-state index contributed by atoms with van der Waals surface area (Å²) >= 11 is 0. The molecular formula is C21H21F2N5O2. The summed E-state index contributed by atoms with van der Waals surface area (Å²) in [7, 11) is 0. The molecule has 9 heteroatoms. The van der Waals surface area contributed by atoms with E-state index in [1.165, 1.54) is 0 Å². The summed E-state index contributed by atoms with van der Waals surface area (Å²) in [4.78, 5) is 29.3. The number of nitrogens with one attached hydrogen (secondary N) is 2. The first-order valence-corrected chi connectivity index (χ1v) is 9.34. The molecule has 0 aliphatic heterocycles. The average Bonchev–Trinajstić information content (AvgIpc) is 3.13. The largest absolute Gasteiger partial charge is 0.340 e. The third-order valence-corrected chi connectivity index (χ3v) is 4.37. The fourth-order valence-corrected chi connectivity index (χ4v) is 2.84. The highest BCUT2D eigenvalue weighted by Crippen LogP contribution is 2.14. The maximum absolute atomic E-state index is 13.9. The molecule has 3 rings (SSSR count). The molecule has 0 aliphatic carbocycles. The number of carbonyl (C=O) groups excluding carboxylic acids is 2. The van der Waals surface area contributed by atoms with E-state index in [4.69, 9.17) is 0 Å². The Bertz CT molecular complexity index is 1020. The van der Waals surface area contributed by atoms with Crippen LogP contribution in [-0.4, -0.2) is 32.6 Å². The lowest BCUT2D eigenvalue weighted by Crippen LogP contribution is -2.47. The number of hydrogen-bond donors (Lipinski definition) is 2. The Morgan fingerprint density at radius 1 is 1.07 bits per heavy atom. The fourth-order valence-electron chi connectivity index (χ4n) is 2.84. The van der Waals surface area contributed by atoms with Crippen molar-refractivity contribution in [1.29, 1.82) is 0 Å². The highest BCUT2D eigenvalue weighted by Gasteiger charge is 2.27. The Morgan fingerprint density at radius 2 is 1.80 bits per heavy atom. The Hall–Kier alpha value is -3.62. The molecule has 2 N–H and O–H groups in total. The number of pyridine rings is 1. The summed E-state index contributed by atoms with van der Waals surface area (Å²) in [6.45, 7) is 3.84. The Balaban J connectivity index is 1.68. The molecule has 2 aromatic heterocycles. The van der Waals surface area contributed by atoms with Crippen molar-refractivity contribution in [3.63, 3.8) is 0 Å². The molecule has 7 nitrogen and oxygen atoms in total. The summed E-state index contributed by atoms with van der Waals surface area (Å²) in [5.74, 6) is -3.59. The molecule has 1 aromatic carbocycles. The molecule has 1 atom stereocenters. The molecule has 30 heavy (non-hydrogen) atoms. The van der Waals surface area contributed by atoms with Gasteiger partial charge in [0.05, 0.1) is 12.2 Å². The molecule has 0 fully saturated rings. The molecule has 0 saturated carbocycles. The van der Waals surface area contributed by atoms with Gasteiger partial charge >= 0.3 is 0 Å². The van der Waals surface area contributed by atoms with Gasteiger partial charge in [0.2, 0.25) is 5.91 Å². The van der Waals surface area contributed by atoms with Crippen LogP contribution in [0.15, 0.2) is 54.9 Å². The number of aromatic nitrogens is 3. The molecule has 2 amide bonds. The van der Waals surface area contributed by atoms with E-state index in [1.807, 2.05) is 18.2 Å². The number of anilines is 1. The predicted octanol–water partition coefficient (Wildman–Crippen LogP) is 3.00. The van der Waals surface area contributed by atoms with Crippen LogP contribution in [0.2, 0.25) is 0 Å². The van der Waals surface area contributed by atoms with Gasteiger partial charge in [-0.2, -0.15) is 5.10 Å². The van der Waals surface area contributed by atoms with Crippen molar-refractivity contribution >= 4 is 17.6 Å². The highest BCUT2D eigenvalue weighted by molar-refractivity contribution is 6.01. The molecule has 0 saturated heterocycles. The topological polar surface area (TPSA) is 88.9 Å². The zero-order valence-electron chi connectivity index (χ0n) is 16.5. The number of halogens is 2. The minimum Gasteiger partial charge on any atom is -0.340 e. The van der Waals surface area contributed by atoms with Crippen LogP contribution >= 0.6 is 0 Å². The first-order valence-electron chi connectivity index (χ1n) is 9.34. The van der Waals surface area contributed by atoms with Crippen molar-refractivity contribution in [2.24, 2.45) is 5.92 Å². The summed E-state index contributed by atoms with van der Waals surface area (Å²) in [6.07, 6.45) is 3.36. The van der Waals surface area contributed by atoms with E-state index in [1.54, 1.807) is 37.0 Å². The van der Waals surface area contributed by atoms with E-state index < -0.39 is 35.1 Å². The third kappa shape index (κ3) is 5.05. The molecule has 3 aromatic rings. The van der Waals surface area contributed by atoms with Crippen LogP contribution in [-0.2, 0) is 11.3 Å². The lowest BCUT2D eigenvalue weighted by atomic mass is 10.0. The van der Waals surface area contributed by atoms with Crippen LogP contribution in [0, 0.1) is 17.6 Å². The van der Waals surface area contributed by atoms with Gasteiger partial charge in [0.25, 0.3) is 5.91 Å². The van der Waals surface area contributed by atoms with Gasteiger partial charge in [-0.1, -0.05) is 26.0 Å². The van der Waals surface area contributed by atoms with Crippen LogP contribution in [0.4, 0.5) is 14.6 Å². The predicted molar refractivity (Wildman–Crippen MR) is 107 cm³/mol. The minimum absolute atomic E-state index is 0.285. The number of benzene rings is 1. The maximum atomic E-state index is 13.9. The SMILES string of the molecule is CC(C)[C@H](NC(=O)c1c(F)cccc1F)C(=O)Nc1ccn(Cc2ccccn2)n1. The normalized spacial score (nSPS) is 11.9. The standard InChI is InChI=1S/C21H21F2N5O2/c1-13(2)19(26-20(29)18-15(22)7-5-8-16(18)23)21(30)25-17-9-11-28(27-17)12-14-6-3-4-10-24-14/h3-11,13,19H,12H2,1-2H3,(H,26,29)(H,25,27,30)/t19-/m0/s1. The maximum Gasteiger partial charge on any atom is 0.257 e. The molecule has 0 radical (unpaired) electrons. The third-order valence-electron chi connectivity index (χ3n) is 4.37. The number of carbonyl (C=O) groups is 2. The van der Waals surface area contributed by atoms with E-state index in [-0.39, 0.29) is 11.7 Å². The smallest absolute Gasteiger partial charge is 0.257 e. The Kier molecular flexibility index (Phi) is 6.51. The van der Waals surface area contributed by atoms with Crippen molar-refractivity contribution < 1.29 is 18.4 Å². The van der Waals surface area contributed by atoms with Crippen LogP contribution in [0.25, 0.3) is 0 Å². The van der Waals surface area contributed by atoms with Crippen LogP contribution < -0.4 is 10.6 Å². The van der Waals surface area contributed by atoms with Crippen LogP contribution in [0.3, 0.4) is 0 Å². The molecule has 0 spiro atoms. The second kappa shape index (κ2) is 9.25. The van der Waals surface area contributed by atoms with Crippen molar-refractivity contribution in [2.75, 3.05) is 5.32 Å². The molecule has 156 valence electrons. The van der Waals surface area contributed by atoms with E-state index in [0.29, 0.717) is 6.54 Å².